The molecule has 2 unspecified atom stereocenters. The molecule has 1 N–H and O–H groups in total. The average Bonchev–Trinajstić information content (AvgIpc) is 3.04. The third-order valence-electron chi connectivity index (χ3n) is 7.65. The summed E-state index contributed by atoms with van der Waals surface area (Å²) >= 11 is 12.4. The minimum Gasteiger partial charge on any atom is -0.352 e. The average molecular weight is 685 g/mol. The summed E-state index contributed by atoms with van der Waals surface area (Å²) in [5.74, 6) is -1.72. The summed E-state index contributed by atoms with van der Waals surface area (Å²) < 4.78 is 44.2. The molecule has 11 heteroatoms. The lowest BCUT2D eigenvalue weighted by Gasteiger charge is -2.34. The number of nitrogens with one attached hydrogen (secondary N) is 1. The molecule has 0 aliphatic heterocycles. The van der Waals surface area contributed by atoms with E-state index in [0.29, 0.717) is 6.42 Å². The molecule has 7 nitrogen and oxygen atoms in total. The van der Waals surface area contributed by atoms with E-state index in [2.05, 4.69) is 5.32 Å². The van der Waals surface area contributed by atoms with Crippen LogP contribution in [-0.2, 0) is 32.6 Å². The highest BCUT2D eigenvalue weighted by Crippen LogP contribution is 2.31. The van der Waals surface area contributed by atoms with Gasteiger partial charge in [0.1, 0.15) is 18.4 Å². The molecule has 2 amide bonds. The molecule has 46 heavy (non-hydrogen) atoms. The van der Waals surface area contributed by atoms with E-state index in [4.69, 9.17) is 23.2 Å². The lowest BCUT2D eigenvalue weighted by atomic mass is 10.0. The Labute approximate surface area is 280 Å². The zero-order chi connectivity index (χ0) is 33.4. The third-order valence-corrected chi connectivity index (χ3v) is 10.2. The summed E-state index contributed by atoms with van der Waals surface area (Å²) in [5.41, 5.74) is 1.89. The molecule has 4 aromatic rings. The van der Waals surface area contributed by atoms with E-state index >= 15 is 4.39 Å². The molecule has 4 rings (SSSR count). The normalized spacial score (nSPS) is 12.7. The fourth-order valence-electron chi connectivity index (χ4n) is 4.81. The molecule has 0 aliphatic rings. The lowest BCUT2D eigenvalue weighted by molar-refractivity contribution is -0.140. The number of benzene rings is 4. The highest BCUT2D eigenvalue weighted by Gasteiger charge is 2.35. The van der Waals surface area contributed by atoms with Crippen molar-refractivity contribution in [1.29, 1.82) is 0 Å². The van der Waals surface area contributed by atoms with Crippen LogP contribution in [0.1, 0.15) is 37.0 Å². The second-order valence-corrected chi connectivity index (χ2v) is 13.7. The minimum absolute atomic E-state index is 0.0482. The number of amides is 2. The molecular formula is C35H36Cl2FN3O4S. The largest absolute Gasteiger partial charge is 0.352 e. The molecular weight excluding hydrogens is 648 g/mol. The molecule has 0 fully saturated rings. The van der Waals surface area contributed by atoms with Gasteiger partial charge in [-0.2, -0.15) is 0 Å². The highest BCUT2D eigenvalue weighted by atomic mass is 35.5. The molecule has 4 aromatic carbocycles. The number of carbonyl (C=O) groups excluding carboxylic acids is 2. The van der Waals surface area contributed by atoms with Gasteiger partial charge in [-0.05, 0) is 62.2 Å². The first-order valence-corrected chi connectivity index (χ1v) is 17.0. The summed E-state index contributed by atoms with van der Waals surface area (Å²) in [6.07, 6.45) is 0.756. The van der Waals surface area contributed by atoms with Crippen molar-refractivity contribution in [3.05, 3.63) is 130 Å². The van der Waals surface area contributed by atoms with E-state index in [1.807, 2.05) is 51.1 Å². The first-order chi connectivity index (χ1) is 21.9. The number of carbonyl (C=O) groups is 2. The maximum Gasteiger partial charge on any atom is 0.264 e. The van der Waals surface area contributed by atoms with E-state index in [0.717, 1.165) is 15.4 Å². The second-order valence-electron chi connectivity index (χ2n) is 11.1. The van der Waals surface area contributed by atoms with Gasteiger partial charge < -0.3 is 10.2 Å². The third kappa shape index (κ3) is 8.66. The highest BCUT2D eigenvalue weighted by molar-refractivity contribution is 7.92. The molecule has 0 spiro atoms. The van der Waals surface area contributed by atoms with Crippen LogP contribution in [0.4, 0.5) is 10.1 Å². The molecule has 0 bridgehead atoms. The summed E-state index contributed by atoms with van der Waals surface area (Å²) in [6.45, 7) is 4.61. The number of nitrogens with zero attached hydrogens (tertiary/aromatic N) is 2. The zero-order valence-electron chi connectivity index (χ0n) is 25.8. The van der Waals surface area contributed by atoms with Crippen molar-refractivity contribution in [2.75, 3.05) is 10.8 Å². The summed E-state index contributed by atoms with van der Waals surface area (Å²) in [5, 5.41) is 3.25. The Kier molecular flexibility index (Phi) is 11.8. The molecule has 2 atom stereocenters. The molecule has 0 aromatic heterocycles. The van der Waals surface area contributed by atoms with E-state index < -0.39 is 40.2 Å². The molecule has 0 heterocycles. The van der Waals surface area contributed by atoms with Crippen LogP contribution in [-0.4, -0.2) is 43.8 Å². The molecule has 242 valence electrons. The Balaban J connectivity index is 1.83. The summed E-state index contributed by atoms with van der Waals surface area (Å²) in [6, 6.07) is 24.3. The Hall–Kier alpha value is -3.92. The van der Waals surface area contributed by atoms with Crippen LogP contribution in [0.2, 0.25) is 10.0 Å². The maximum absolute atomic E-state index is 15.1. The number of sulfonamides is 1. The van der Waals surface area contributed by atoms with E-state index in [9.17, 15) is 18.0 Å². The fourth-order valence-corrected chi connectivity index (χ4v) is 6.51. The molecule has 0 saturated heterocycles. The van der Waals surface area contributed by atoms with E-state index in [-0.39, 0.29) is 45.2 Å². The Morgan fingerprint density at radius 3 is 2.17 bits per heavy atom. The SMILES string of the molecule is CCC(C)NC(=O)C(Cc1ccccc1)N(Cc1ccccc1F)C(=O)CN(c1ccc(Cl)c(Cl)c1)S(=O)(=O)c1ccc(C)cc1. The fraction of sp³-hybridized carbons (Fsp3) is 0.257. The first kappa shape index (κ1) is 34.9. The Bertz CT molecular complexity index is 1770. The number of hydrogen-bond donors (Lipinski definition) is 1. The summed E-state index contributed by atoms with van der Waals surface area (Å²) in [4.78, 5) is 29.5. The van der Waals surface area contributed by atoms with Crippen LogP contribution in [0.25, 0.3) is 0 Å². The molecule has 0 aliphatic carbocycles. The number of hydrogen-bond acceptors (Lipinski definition) is 4. The van der Waals surface area contributed by atoms with Crippen LogP contribution in [0.3, 0.4) is 0 Å². The van der Waals surface area contributed by atoms with Crippen molar-refractivity contribution in [3.8, 4) is 0 Å². The smallest absolute Gasteiger partial charge is 0.264 e. The van der Waals surface area contributed by atoms with Crippen LogP contribution in [0.15, 0.2) is 102 Å². The van der Waals surface area contributed by atoms with Gasteiger partial charge in [-0.1, -0.05) is 96.4 Å². The van der Waals surface area contributed by atoms with Gasteiger partial charge in [0.2, 0.25) is 11.8 Å². The van der Waals surface area contributed by atoms with Gasteiger partial charge in [-0.15, -0.1) is 0 Å². The number of rotatable bonds is 13. The second kappa shape index (κ2) is 15.6. The van der Waals surface area contributed by atoms with Gasteiger partial charge >= 0.3 is 0 Å². The van der Waals surface area contributed by atoms with Crippen molar-refractivity contribution < 1.29 is 22.4 Å². The number of anilines is 1. The van der Waals surface area contributed by atoms with Gasteiger partial charge in [0.05, 0.1) is 20.6 Å². The first-order valence-electron chi connectivity index (χ1n) is 14.8. The van der Waals surface area contributed by atoms with Crippen LogP contribution < -0.4 is 9.62 Å². The standard InChI is InChI=1S/C35H36Cl2FN3O4S/c1-4-25(3)39-35(43)33(20-26-10-6-5-7-11-26)40(22-27-12-8-9-13-32(27)38)34(42)23-41(28-16-19-30(36)31(37)21-28)46(44,45)29-17-14-24(2)15-18-29/h5-19,21,25,33H,4,20,22-23H2,1-3H3,(H,39,43). The van der Waals surface area contributed by atoms with E-state index in [1.54, 1.807) is 18.2 Å². The van der Waals surface area contributed by atoms with Gasteiger partial charge in [0.25, 0.3) is 10.0 Å². The van der Waals surface area contributed by atoms with Crippen molar-refractivity contribution in [1.82, 2.24) is 10.2 Å². The number of halogens is 3. The van der Waals surface area contributed by atoms with Crippen molar-refractivity contribution in [2.24, 2.45) is 0 Å². The van der Waals surface area contributed by atoms with Gasteiger partial charge in [0, 0.05) is 24.6 Å². The number of aryl methyl sites for hydroxylation is 1. The zero-order valence-corrected chi connectivity index (χ0v) is 28.1. The maximum atomic E-state index is 15.1. The van der Waals surface area contributed by atoms with Crippen LogP contribution >= 0.6 is 23.2 Å². The van der Waals surface area contributed by atoms with Gasteiger partial charge in [0.15, 0.2) is 0 Å². The van der Waals surface area contributed by atoms with E-state index in [1.165, 1.54) is 53.4 Å². The monoisotopic (exact) mass is 683 g/mol. The molecule has 0 saturated carbocycles. The van der Waals surface area contributed by atoms with Gasteiger partial charge in [-0.3, -0.25) is 13.9 Å². The Morgan fingerprint density at radius 1 is 0.891 bits per heavy atom. The predicted octanol–water partition coefficient (Wildman–Crippen LogP) is 7.19. The lowest BCUT2D eigenvalue weighted by Crippen LogP contribution is -2.54. The van der Waals surface area contributed by atoms with Crippen molar-refractivity contribution in [3.63, 3.8) is 0 Å². The van der Waals surface area contributed by atoms with Crippen molar-refractivity contribution >= 4 is 50.7 Å². The minimum atomic E-state index is -4.33. The van der Waals surface area contributed by atoms with Crippen molar-refractivity contribution in [2.45, 2.75) is 57.1 Å². The Morgan fingerprint density at radius 2 is 1.54 bits per heavy atom. The quantitative estimate of drug-likeness (QED) is 0.162. The molecule has 0 radical (unpaired) electrons. The van der Waals surface area contributed by atoms with Crippen LogP contribution in [0, 0.1) is 12.7 Å². The predicted molar refractivity (Wildman–Crippen MR) is 181 cm³/mol. The summed E-state index contributed by atoms with van der Waals surface area (Å²) in [7, 11) is -4.33. The topological polar surface area (TPSA) is 86.8 Å². The van der Waals surface area contributed by atoms with Gasteiger partial charge in [-0.25, -0.2) is 12.8 Å². The van der Waals surface area contributed by atoms with Crippen LogP contribution in [0.5, 0.6) is 0 Å².